The third-order valence-corrected chi connectivity index (χ3v) is 2.36. The van der Waals surface area contributed by atoms with Gasteiger partial charge < -0.3 is 11.1 Å². The van der Waals surface area contributed by atoms with Gasteiger partial charge in [-0.2, -0.15) is 4.98 Å². The molecule has 0 atom stereocenters. The fourth-order valence-electron chi connectivity index (χ4n) is 1.57. The van der Waals surface area contributed by atoms with Crippen molar-refractivity contribution < 1.29 is 4.92 Å². The van der Waals surface area contributed by atoms with Gasteiger partial charge in [-0.3, -0.25) is 14.8 Å². The third kappa shape index (κ3) is 2.91. The molecule has 100 valence electrons. The Labute approximate surface area is 107 Å². The first-order valence-corrected chi connectivity index (χ1v) is 5.44. The van der Waals surface area contributed by atoms with Crippen LogP contribution in [0.3, 0.4) is 0 Å². The second kappa shape index (κ2) is 5.25. The summed E-state index contributed by atoms with van der Waals surface area (Å²) in [4.78, 5) is 18.0. The average molecular weight is 264 g/mol. The van der Waals surface area contributed by atoms with E-state index in [9.17, 15) is 10.1 Å². The summed E-state index contributed by atoms with van der Waals surface area (Å²) in [7, 11) is 0. The number of nitrogen functional groups attached to an aromatic ring is 1. The maximum Gasteiger partial charge on any atom is 0.332 e. The van der Waals surface area contributed by atoms with Crippen LogP contribution >= 0.6 is 0 Å². The van der Waals surface area contributed by atoms with Crippen molar-refractivity contribution in [3.8, 4) is 0 Å². The van der Waals surface area contributed by atoms with Crippen molar-refractivity contribution in [1.82, 2.24) is 25.0 Å². The maximum absolute atomic E-state index is 11.0. The van der Waals surface area contributed by atoms with Crippen molar-refractivity contribution in [2.24, 2.45) is 0 Å². The fraction of sp³-hybridized carbons (Fsp3) is 0.333. The minimum absolute atomic E-state index is 0.00800. The molecule has 2 aromatic rings. The molecule has 0 fully saturated rings. The molecule has 0 aliphatic carbocycles. The van der Waals surface area contributed by atoms with E-state index in [-0.39, 0.29) is 23.1 Å². The molecule has 0 bridgehead atoms. The standard InChI is InChI=1S/C9H12N8O2/c1-6-7(17(18)19)8(14-9(10)13-6)11-2-4-16-5-3-12-15-16/h3,5H,2,4H2,1H3,(H3,10,11,13,14). The number of nitrogens with one attached hydrogen (secondary N) is 1. The highest BCUT2D eigenvalue weighted by molar-refractivity contribution is 5.60. The second-order valence-corrected chi connectivity index (χ2v) is 3.71. The van der Waals surface area contributed by atoms with Crippen LogP contribution in [0.15, 0.2) is 12.4 Å². The fourth-order valence-corrected chi connectivity index (χ4v) is 1.57. The van der Waals surface area contributed by atoms with Crippen molar-refractivity contribution in [2.45, 2.75) is 13.5 Å². The number of aryl methyl sites for hydroxylation is 1. The quantitative estimate of drug-likeness (QED) is 0.567. The number of rotatable bonds is 5. The summed E-state index contributed by atoms with van der Waals surface area (Å²) < 4.78 is 1.59. The summed E-state index contributed by atoms with van der Waals surface area (Å²) >= 11 is 0. The summed E-state index contributed by atoms with van der Waals surface area (Å²) in [6, 6.07) is 0. The first kappa shape index (κ1) is 12.7. The van der Waals surface area contributed by atoms with E-state index in [1.54, 1.807) is 17.1 Å². The van der Waals surface area contributed by atoms with Gasteiger partial charge in [0.2, 0.25) is 11.8 Å². The number of anilines is 2. The van der Waals surface area contributed by atoms with E-state index < -0.39 is 4.92 Å². The van der Waals surface area contributed by atoms with Crippen molar-refractivity contribution >= 4 is 17.5 Å². The van der Waals surface area contributed by atoms with Gasteiger partial charge in [0, 0.05) is 12.7 Å². The minimum atomic E-state index is -0.535. The Balaban J connectivity index is 2.12. The molecule has 0 saturated heterocycles. The maximum atomic E-state index is 11.0. The summed E-state index contributed by atoms with van der Waals surface area (Å²) in [5.41, 5.74) is 5.53. The lowest BCUT2D eigenvalue weighted by molar-refractivity contribution is -0.385. The first-order valence-electron chi connectivity index (χ1n) is 5.44. The van der Waals surface area contributed by atoms with Gasteiger partial charge in [0.05, 0.1) is 17.7 Å². The van der Waals surface area contributed by atoms with E-state index in [1.165, 1.54) is 6.92 Å². The zero-order valence-electron chi connectivity index (χ0n) is 10.1. The Bertz CT molecular complexity index is 582. The Morgan fingerprint density at radius 2 is 2.32 bits per heavy atom. The van der Waals surface area contributed by atoms with Crippen LogP contribution in [0.5, 0.6) is 0 Å². The Hall–Kier alpha value is -2.78. The predicted molar refractivity (Wildman–Crippen MR) is 66.3 cm³/mol. The molecule has 0 aliphatic rings. The van der Waals surface area contributed by atoms with Crippen LogP contribution in [-0.4, -0.2) is 36.4 Å². The van der Waals surface area contributed by atoms with E-state index in [0.29, 0.717) is 13.1 Å². The highest BCUT2D eigenvalue weighted by Gasteiger charge is 2.20. The van der Waals surface area contributed by atoms with Gasteiger partial charge in [-0.1, -0.05) is 5.21 Å². The lowest BCUT2D eigenvalue weighted by Gasteiger charge is -2.07. The first-order chi connectivity index (χ1) is 9.08. The van der Waals surface area contributed by atoms with Crippen LogP contribution in [0.1, 0.15) is 5.69 Å². The molecule has 19 heavy (non-hydrogen) atoms. The van der Waals surface area contributed by atoms with Crippen LogP contribution in [0.25, 0.3) is 0 Å². The Morgan fingerprint density at radius 1 is 1.53 bits per heavy atom. The molecule has 10 heteroatoms. The average Bonchev–Trinajstić information content (AvgIpc) is 2.80. The molecule has 2 heterocycles. The number of hydrogen-bond acceptors (Lipinski definition) is 8. The molecule has 0 aromatic carbocycles. The normalized spacial score (nSPS) is 10.4. The minimum Gasteiger partial charge on any atom is -0.368 e. The van der Waals surface area contributed by atoms with Gasteiger partial charge in [-0.25, -0.2) is 4.98 Å². The van der Waals surface area contributed by atoms with E-state index in [1.807, 2.05) is 0 Å². The number of aromatic nitrogens is 5. The Morgan fingerprint density at radius 3 is 2.95 bits per heavy atom. The van der Waals surface area contributed by atoms with Crippen molar-refractivity contribution in [2.75, 3.05) is 17.6 Å². The number of nitrogens with zero attached hydrogens (tertiary/aromatic N) is 6. The highest BCUT2D eigenvalue weighted by Crippen LogP contribution is 2.25. The topological polar surface area (TPSA) is 138 Å². The smallest absolute Gasteiger partial charge is 0.332 e. The molecule has 10 nitrogen and oxygen atoms in total. The molecule has 0 unspecified atom stereocenters. The van der Waals surface area contributed by atoms with Crippen LogP contribution in [0.4, 0.5) is 17.5 Å². The molecule has 3 N–H and O–H groups in total. The molecular formula is C9H12N8O2. The number of nitrogens with two attached hydrogens (primary N) is 1. The van der Waals surface area contributed by atoms with Crippen molar-refractivity contribution in [3.63, 3.8) is 0 Å². The largest absolute Gasteiger partial charge is 0.368 e. The Kier molecular flexibility index (Phi) is 3.50. The number of nitro groups is 1. The van der Waals surface area contributed by atoms with Crippen LogP contribution < -0.4 is 11.1 Å². The zero-order chi connectivity index (χ0) is 13.8. The molecular weight excluding hydrogens is 252 g/mol. The lowest BCUT2D eigenvalue weighted by atomic mass is 10.3. The molecule has 0 saturated carbocycles. The molecule has 0 radical (unpaired) electrons. The van der Waals surface area contributed by atoms with E-state index >= 15 is 0 Å². The monoisotopic (exact) mass is 264 g/mol. The summed E-state index contributed by atoms with van der Waals surface area (Å²) in [5, 5.41) is 21.2. The summed E-state index contributed by atoms with van der Waals surface area (Å²) in [6.45, 7) is 2.42. The van der Waals surface area contributed by atoms with Gasteiger partial charge in [-0.05, 0) is 6.92 Å². The zero-order valence-corrected chi connectivity index (χ0v) is 10.1. The van der Waals surface area contributed by atoms with Gasteiger partial charge in [0.1, 0.15) is 5.69 Å². The molecule has 2 rings (SSSR count). The van der Waals surface area contributed by atoms with Gasteiger partial charge in [0.15, 0.2) is 0 Å². The highest BCUT2D eigenvalue weighted by atomic mass is 16.6. The molecule has 0 aliphatic heterocycles. The predicted octanol–water partition coefficient (Wildman–Crippen LogP) is -0.0210. The van der Waals surface area contributed by atoms with Gasteiger partial charge >= 0.3 is 5.69 Å². The van der Waals surface area contributed by atoms with E-state index in [4.69, 9.17) is 5.73 Å². The summed E-state index contributed by atoms with van der Waals surface area (Å²) in [5.74, 6) is 0.0986. The van der Waals surface area contributed by atoms with Crippen molar-refractivity contribution in [1.29, 1.82) is 0 Å². The van der Waals surface area contributed by atoms with E-state index in [2.05, 4.69) is 25.6 Å². The lowest BCUT2D eigenvalue weighted by Crippen LogP contribution is -2.14. The van der Waals surface area contributed by atoms with Crippen molar-refractivity contribution in [3.05, 3.63) is 28.2 Å². The van der Waals surface area contributed by atoms with Gasteiger partial charge in [-0.15, -0.1) is 5.10 Å². The summed E-state index contributed by atoms with van der Waals surface area (Å²) in [6.07, 6.45) is 3.24. The van der Waals surface area contributed by atoms with E-state index in [0.717, 1.165) is 0 Å². The van der Waals surface area contributed by atoms with Gasteiger partial charge in [0.25, 0.3) is 0 Å². The molecule has 2 aromatic heterocycles. The van der Waals surface area contributed by atoms with Crippen LogP contribution in [-0.2, 0) is 6.54 Å². The molecule has 0 spiro atoms. The van der Waals surface area contributed by atoms with Crippen LogP contribution in [0.2, 0.25) is 0 Å². The number of hydrogen-bond donors (Lipinski definition) is 2. The third-order valence-electron chi connectivity index (χ3n) is 2.36. The van der Waals surface area contributed by atoms with Crippen LogP contribution in [0, 0.1) is 17.0 Å². The molecule has 0 amide bonds. The SMILES string of the molecule is Cc1nc(N)nc(NCCn2ccnn2)c1[N+](=O)[O-]. The second-order valence-electron chi connectivity index (χ2n) is 3.71.